The van der Waals surface area contributed by atoms with Gasteiger partial charge in [0.1, 0.15) is 11.0 Å². The van der Waals surface area contributed by atoms with Crippen LogP contribution in [0.5, 0.6) is 0 Å². The SMILES string of the molecule is CON1C(=O)C2(CCCCC2)C(=O)[C@@]12C=C[C@H](O)CC2. The molecule has 0 aromatic carbocycles. The number of aliphatic hydroxyl groups is 1. The van der Waals surface area contributed by atoms with Crippen molar-refractivity contribution in [3.8, 4) is 0 Å². The van der Waals surface area contributed by atoms with E-state index in [1.165, 1.54) is 12.2 Å². The van der Waals surface area contributed by atoms with E-state index in [-0.39, 0.29) is 11.7 Å². The fourth-order valence-electron chi connectivity index (χ4n) is 4.00. The van der Waals surface area contributed by atoms with Gasteiger partial charge in [-0.25, -0.2) is 5.06 Å². The minimum absolute atomic E-state index is 0.0281. The van der Waals surface area contributed by atoms with Gasteiger partial charge in [0.25, 0.3) is 5.91 Å². The molecule has 5 nitrogen and oxygen atoms in total. The maximum absolute atomic E-state index is 13.1. The monoisotopic (exact) mass is 279 g/mol. The predicted octanol–water partition coefficient (Wildman–Crippen LogP) is 1.36. The molecule has 2 aliphatic carbocycles. The van der Waals surface area contributed by atoms with Crippen molar-refractivity contribution in [1.82, 2.24) is 5.06 Å². The first-order chi connectivity index (χ1) is 9.57. The van der Waals surface area contributed by atoms with Crippen LogP contribution in [0.25, 0.3) is 0 Å². The molecule has 5 heteroatoms. The lowest BCUT2D eigenvalue weighted by atomic mass is 9.67. The van der Waals surface area contributed by atoms with Crippen LogP contribution in [-0.4, -0.2) is 40.6 Å². The van der Waals surface area contributed by atoms with Crippen LogP contribution >= 0.6 is 0 Å². The van der Waals surface area contributed by atoms with Crippen LogP contribution < -0.4 is 0 Å². The van der Waals surface area contributed by atoms with Gasteiger partial charge in [-0.15, -0.1) is 0 Å². The Labute approximate surface area is 118 Å². The molecule has 3 aliphatic rings. The number of ketones is 1. The minimum atomic E-state index is -0.998. The third-order valence-electron chi connectivity index (χ3n) is 5.09. The second-order valence-electron chi connectivity index (χ2n) is 6.14. The molecule has 1 saturated carbocycles. The van der Waals surface area contributed by atoms with Crippen molar-refractivity contribution in [3.05, 3.63) is 12.2 Å². The molecule has 1 heterocycles. The average Bonchev–Trinajstić information content (AvgIpc) is 2.64. The maximum atomic E-state index is 13.1. The molecule has 0 aromatic heterocycles. The quantitative estimate of drug-likeness (QED) is 0.581. The summed E-state index contributed by atoms with van der Waals surface area (Å²) in [6.07, 6.45) is 7.83. The summed E-state index contributed by atoms with van der Waals surface area (Å²) in [7, 11) is 1.44. The van der Waals surface area contributed by atoms with Gasteiger partial charge in [-0.3, -0.25) is 14.4 Å². The first-order valence-electron chi connectivity index (χ1n) is 7.38. The second kappa shape index (κ2) is 4.67. The highest BCUT2D eigenvalue weighted by atomic mass is 16.7. The van der Waals surface area contributed by atoms with Gasteiger partial charge < -0.3 is 5.11 Å². The zero-order valence-electron chi connectivity index (χ0n) is 11.8. The van der Waals surface area contributed by atoms with Crippen LogP contribution in [0.2, 0.25) is 0 Å². The molecule has 2 fully saturated rings. The number of Topliss-reactive ketones (excluding diaryl/α,β-unsaturated/α-hetero) is 1. The molecule has 1 saturated heterocycles. The van der Waals surface area contributed by atoms with Gasteiger partial charge in [-0.05, 0) is 25.7 Å². The normalized spacial score (nSPS) is 36.3. The summed E-state index contributed by atoms with van der Waals surface area (Å²) >= 11 is 0. The number of hydrogen-bond donors (Lipinski definition) is 1. The van der Waals surface area contributed by atoms with Crippen LogP contribution in [0.1, 0.15) is 44.9 Å². The van der Waals surface area contributed by atoms with Crippen molar-refractivity contribution >= 4 is 11.7 Å². The van der Waals surface area contributed by atoms with Gasteiger partial charge in [-0.1, -0.05) is 31.4 Å². The van der Waals surface area contributed by atoms with Crippen molar-refractivity contribution < 1.29 is 19.5 Å². The van der Waals surface area contributed by atoms with E-state index in [0.717, 1.165) is 19.3 Å². The highest BCUT2D eigenvalue weighted by molar-refractivity contribution is 6.17. The van der Waals surface area contributed by atoms with Gasteiger partial charge in [0, 0.05) is 0 Å². The summed E-state index contributed by atoms with van der Waals surface area (Å²) in [5, 5.41) is 10.9. The molecule has 0 aromatic rings. The molecule has 1 N–H and O–H groups in total. The number of aliphatic hydroxyl groups excluding tert-OH is 1. The van der Waals surface area contributed by atoms with Gasteiger partial charge >= 0.3 is 0 Å². The summed E-state index contributed by atoms with van der Waals surface area (Å²) < 4.78 is 0. The summed E-state index contributed by atoms with van der Waals surface area (Å²) in [6.45, 7) is 0. The molecule has 2 atom stereocenters. The Morgan fingerprint density at radius 1 is 1.25 bits per heavy atom. The Morgan fingerprint density at radius 2 is 1.95 bits per heavy atom. The van der Waals surface area contributed by atoms with Crippen LogP contribution in [0.15, 0.2) is 12.2 Å². The number of carbonyl (C=O) groups excluding carboxylic acids is 2. The molecule has 0 radical (unpaired) electrons. The van der Waals surface area contributed by atoms with Crippen LogP contribution in [-0.2, 0) is 14.4 Å². The van der Waals surface area contributed by atoms with Gasteiger partial charge in [0.05, 0.1) is 13.2 Å². The second-order valence-corrected chi connectivity index (χ2v) is 6.14. The standard InChI is InChI=1S/C15H21NO4/c1-20-16-13(19)14(7-3-2-4-8-14)12(18)15(16)9-5-11(17)6-10-15/h5,9,11,17H,2-4,6-8,10H2,1H3/t11-,15-/m0/s1. The minimum Gasteiger partial charge on any atom is -0.389 e. The molecule has 0 bridgehead atoms. The highest BCUT2D eigenvalue weighted by Crippen LogP contribution is 2.51. The molecule has 20 heavy (non-hydrogen) atoms. The Bertz CT molecular complexity index is 466. The van der Waals surface area contributed by atoms with Crippen molar-refractivity contribution in [1.29, 1.82) is 0 Å². The van der Waals surface area contributed by atoms with Crippen molar-refractivity contribution in [2.75, 3.05) is 7.11 Å². The topological polar surface area (TPSA) is 66.8 Å². The fraction of sp³-hybridized carbons (Fsp3) is 0.733. The van der Waals surface area contributed by atoms with Crippen molar-refractivity contribution in [2.45, 2.75) is 56.6 Å². The van der Waals surface area contributed by atoms with E-state index in [9.17, 15) is 14.7 Å². The summed E-state index contributed by atoms with van der Waals surface area (Å²) in [5.41, 5.74) is -1.89. The predicted molar refractivity (Wildman–Crippen MR) is 71.5 cm³/mol. The van der Waals surface area contributed by atoms with Gasteiger partial charge in [-0.2, -0.15) is 0 Å². The number of rotatable bonds is 1. The lowest BCUT2D eigenvalue weighted by Crippen LogP contribution is -2.49. The maximum Gasteiger partial charge on any atom is 0.261 e. The van der Waals surface area contributed by atoms with Crippen molar-refractivity contribution in [2.24, 2.45) is 5.41 Å². The van der Waals surface area contributed by atoms with E-state index >= 15 is 0 Å². The van der Waals surface area contributed by atoms with Gasteiger partial charge in [0.2, 0.25) is 0 Å². The molecule has 1 amide bonds. The van der Waals surface area contributed by atoms with E-state index in [2.05, 4.69) is 0 Å². The molecular weight excluding hydrogens is 258 g/mol. The average molecular weight is 279 g/mol. The Balaban J connectivity index is 2.05. The third-order valence-corrected chi connectivity index (χ3v) is 5.09. The van der Waals surface area contributed by atoms with Crippen molar-refractivity contribution in [3.63, 3.8) is 0 Å². The first-order valence-corrected chi connectivity index (χ1v) is 7.38. The zero-order valence-corrected chi connectivity index (χ0v) is 11.8. The lowest BCUT2D eigenvalue weighted by Gasteiger charge is -2.35. The number of hydroxylamine groups is 2. The van der Waals surface area contributed by atoms with E-state index in [1.807, 2.05) is 0 Å². The number of nitrogens with zero attached hydrogens (tertiary/aromatic N) is 1. The molecular formula is C15H21NO4. The van der Waals surface area contributed by atoms with E-state index < -0.39 is 17.1 Å². The van der Waals surface area contributed by atoms with Crippen LogP contribution in [0.3, 0.4) is 0 Å². The third kappa shape index (κ3) is 1.63. The Morgan fingerprint density at radius 3 is 2.50 bits per heavy atom. The summed E-state index contributed by atoms with van der Waals surface area (Å²) in [6, 6.07) is 0. The smallest absolute Gasteiger partial charge is 0.261 e. The van der Waals surface area contributed by atoms with Crippen LogP contribution in [0.4, 0.5) is 0 Å². The number of amides is 1. The molecule has 0 unspecified atom stereocenters. The van der Waals surface area contributed by atoms with E-state index in [4.69, 9.17) is 4.84 Å². The Kier molecular flexibility index (Phi) is 3.21. The summed E-state index contributed by atoms with van der Waals surface area (Å²) in [4.78, 5) is 31.1. The lowest BCUT2D eigenvalue weighted by molar-refractivity contribution is -0.194. The largest absolute Gasteiger partial charge is 0.389 e. The molecule has 2 spiro atoms. The van der Waals surface area contributed by atoms with Gasteiger partial charge in [0.15, 0.2) is 5.78 Å². The molecule has 110 valence electrons. The molecule has 3 rings (SSSR count). The van der Waals surface area contributed by atoms with E-state index in [0.29, 0.717) is 25.7 Å². The van der Waals surface area contributed by atoms with E-state index in [1.54, 1.807) is 12.2 Å². The highest BCUT2D eigenvalue weighted by Gasteiger charge is 2.66. The number of hydrogen-bond acceptors (Lipinski definition) is 4. The van der Waals surface area contributed by atoms with Crippen LogP contribution in [0, 0.1) is 5.41 Å². The fourth-order valence-corrected chi connectivity index (χ4v) is 4.00. The Hall–Kier alpha value is -1.20. The molecule has 1 aliphatic heterocycles. The summed E-state index contributed by atoms with van der Waals surface area (Å²) in [5.74, 6) is -0.217. The zero-order chi connectivity index (χ0) is 14.4. The number of carbonyl (C=O) groups is 2. The first kappa shape index (κ1) is 13.8.